The van der Waals surface area contributed by atoms with E-state index in [2.05, 4.69) is 15.5 Å². The highest BCUT2D eigenvalue weighted by Crippen LogP contribution is 2.58. The number of rotatable bonds is 5. The molecule has 1 aromatic heterocycles. The number of carboxylic acids is 1. The standard InChI is InChI=1S/C16H16ClN3O4/c1-16(2)11(12(16)15(22)23)14(21)18-7-10-19-13(20-24-10)8-3-5-9(17)6-4-8/h3-6,11-12H,7H2,1-2H3,(H,18,21)(H,22,23)/t11-,12-/m0/s1. The monoisotopic (exact) mass is 349 g/mol. The number of aliphatic carboxylic acids is 1. The molecule has 7 nitrogen and oxygen atoms in total. The van der Waals surface area contributed by atoms with Crippen LogP contribution in [0.2, 0.25) is 5.02 Å². The Labute approximate surface area is 143 Å². The van der Waals surface area contributed by atoms with Gasteiger partial charge in [-0.1, -0.05) is 30.6 Å². The number of carbonyl (C=O) groups is 2. The Bertz CT molecular complexity index is 785. The summed E-state index contributed by atoms with van der Waals surface area (Å²) >= 11 is 5.83. The molecule has 0 bridgehead atoms. The number of nitrogens with zero attached hydrogens (tertiary/aromatic N) is 2. The van der Waals surface area contributed by atoms with Crippen LogP contribution in [0.15, 0.2) is 28.8 Å². The van der Waals surface area contributed by atoms with E-state index in [0.29, 0.717) is 10.8 Å². The number of amides is 1. The predicted octanol–water partition coefficient (Wildman–Crippen LogP) is 2.36. The van der Waals surface area contributed by atoms with Gasteiger partial charge in [-0.05, 0) is 29.7 Å². The highest BCUT2D eigenvalue weighted by molar-refractivity contribution is 6.30. The van der Waals surface area contributed by atoms with Crippen LogP contribution in [-0.2, 0) is 16.1 Å². The van der Waals surface area contributed by atoms with Crippen molar-refractivity contribution in [2.75, 3.05) is 0 Å². The fourth-order valence-corrected chi connectivity index (χ4v) is 3.03. The van der Waals surface area contributed by atoms with Crippen LogP contribution in [0, 0.1) is 17.3 Å². The molecule has 0 saturated heterocycles. The summed E-state index contributed by atoms with van der Waals surface area (Å²) < 4.78 is 5.10. The number of carboxylic acid groups (broad SMARTS) is 1. The van der Waals surface area contributed by atoms with Crippen LogP contribution in [0.3, 0.4) is 0 Å². The SMILES string of the molecule is CC1(C)[C@H](C(=O)O)[C@H]1C(=O)NCc1nc(-c2ccc(Cl)cc2)no1. The molecule has 1 aromatic carbocycles. The lowest BCUT2D eigenvalue weighted by Crippen LogP contribution is -2.27. The summed E-state index contributed by atoms with van der Waals surface area (Å²) in [5, 5.41) is 16.2. The van der Waals surface area contributed by atoms with E-state index in [9.17, 15) is 9.59 Å². The van der Waals surface area contributed by atoms with Gasteiger partial charge in [0.1, 0.15) is 0 Å². The van der Waals surface area contributed by atoms with Crippen molar-refractivity contribution in [3.05, 3.63) is 35.2 Å². The first-order chi connectivity index (χ1) is 11.3. The van der Waals surface area contributed by atoms with Crippen molar-refractivity contribution in [2.45, 2.75) is 20.4 Å². The molecule has 0 aliphatic heterocycles. The first-order valence-corrected chi connectivity index (χ1v) is 7.77. The molecule has 2 N–H and O–H groups in total. The zero-order valence-electron chi connectivity index (χ0n) is 13.1. The zero-order valence-corrected chi connectivity index (χ0v) is 13.9. The number of aromatic nitrogens is 2. The lowest BCUT2D eigenvalue weighted by Gasteiger charge is -2.02. The van der Waals surface area contributed by atoms with E-state index in [0.717, 1.165) is 5.56 Å². The molecule has 1 heterocycles. The van der Waals surface area contributed by atoms with Crippen molar-refractivity contribution in [3.63, 3.8) is 0 Å². The molecule has 1 aliphatic carbocycles. The number of hydrogen-bond acceptors (Lipinski definition) is 5. The van der Waals surface area contributed by atoms with Gasteiger partial charge in [0.25, 0.3) is 0 Å². The fraction of sp³-hybridized carbons (Fsp3) is 0.375. The molecule has 8 heteroatoms. The van der Waals surface area contributed by atoms with Crippen LogP contribution in [0.1, 0.15) is 19.7 Å². The molecule has 2 atom stereocenters. The number of carbonyl (C=O) groups excluding carboxylic acids is 1. The van der Waals surface area contributed by atoms with Gasteiger partial charge < -0.3 is 14.9 Å². The van der Waals surface area contributed by atoms with Gasteiger partial charge in [0, 0.05) is 10.6 Å². The van der Waals surface area contributed by atoms with Crippen LogP contribution in [-0.4, -0.2) is 27.1 Å². The molecule has 1 saturated carbocycles. The van der Waals surface area contributed by atoms with Gasteiger partial charge in [-0.2, -0.15) is 4.98 Å². The number of hydrogen-bond donors (Lipinski definition) is 2. The molecular formula is C16H16ClN3O4. The maximum absolute atomic E-state index is 12.1. The Kier molecular flexibility index (Phi) is 4.04. The fourth-order valence-electron chi connectivity index (χ4n) is 2.90. The highest BCUT2D eigenvalue weighted by Gasteiger charge is 2.65. The third kappa shape index (κ3) is 2.99. The minimum Gasteiger partial charge on any atom is -0.481 e. The summed E-state index contributed by atoms with van der Waals surface area (Å²) in [5.74, 6) is -1.84. The van der Waals surface area contributed by atoms with Crippen molar-refractivity contribution in [1.82, 2.24) is 15.5 Å². The van der Waals surface area contributed by atoms with Gasteiger partial charge in [-0.15, -0.1) is 0 Å². The number of halogens is 1. The van der Waals surface area contributed by atoms with E-state index in [1.165, 1.54) is 0 Å². The smallest absolute Gasteiger partial charge is 0.307 e. The van der Waals surface area contributed by atoms with Crippen molar-refractivity contribution in [3.8, 4) is 11.4 Å². The van der Waals surface area contributed by atoms with E-state index in [1.807, 2.05) is 0 Å². The molecular weight excluding hydrogens is 334 g/mol. The Hall–Kier alpha value is -2.41. The predicted molar refractivity (Wildman–Crippen MR) is 85.0 cm³/mol. The average molecular weight is 350 g/mol. The van der Waals surface area contributed by atoms with Crippen LogP contribution in [0.4, 0.5) is 0 Å². The third-order valence-corrected chi connectivity index (χ3v) is 4.61. The first kappa shape index (κ1) is 16.4. The highest BCUT2D eigenvalue weighted by atomic mass is 35.5. The first-order valence-electron chi connectivity index (χ1n) is 7.39. The van der Waals surface area contributed by atoms with Gasteiger partial charge in [0.05, 0.1) is 18.4 Å². The van der Waals surface area contributed by atoms with Crippen molar-refractivity contribution < 1.29 is 19.2 Å². The average Bonchev–Trinajstić information content (AvgIpc) is 2.89. The molecule has 126 valence electrons. The number of nitrogens with one attached hydrogen (secondary N) is 1. The second-order valence-electron chi connectivity index (χ2n) is 6.35. The molecule has 0 radical (unpaired) electrons. The van der Waals surface area contributed by atoms with E-state index in [1.54, 1.807) is 38.1 Å². The van der Waals surface area contributed by atoms with Gasteiger partial charge in [-0.25, -0.2) is 0 Å². The van der Waals surface area contributed by atoms with Gasteiger partial charge in [0.2, 0.25) is 17.6 Å². The number of benzene rings is 1. The molecule has 1 fully saturated rings. The summed E-state index contributed by atoms with van der Waals surface area (Å²) in [7, 11) is 0. The molecule has 0 spiro atoms. The van der Waals surface area contributed by atoms with Crippen LogP contribution >= 0.6 is 11.6 Å². The zero-order chi connectivity index (χ0) is 17.5. The second-order valence-corrected chi connectivity index (χ2v) is 6.79. The summed E-state index contributed by atoms with van der Waals surface area (Å²) in [6.07, 6.45) is 0. The van der Waals surface area contributed by atoms with E-state index >= 15 is 0 Å². The Morgan fingerprint density at radius 1 is 1.29 bits per heavy atom. The third-order valence-electron chi connectivity index (χ3n) is 4.36. The topological polar surface area (TPSA) is 105 Å². The minimum absolute atomic E-state index is 0.0539. The lowest BCUT2D eigenvalue weighted by molar-refractivity contribution is -0.140. The second kappa shape index (κ2) is 5.90. The van der Waals surface area contributed by atoms with E-state index < -0.39 is 23.2 Å². The van der Waals surface area contributed by atoms with Crippen molar-refractivity contribution in [2.24, 2.45) is 17.3 Å². The maximum Gasteiger partial charge on any atom is 0.307 e. The Balaban J connectivity index is 1.61. The van der Waals surface area contributed by atoms with Crippen molar-refractivity contribution in [1.29, 1.82) is 0 Å². The molecule has 1 amide bonds. The van der Waals surface area contributed by atoms with E-state index in [4.69, 9.17) is 21.2 Å². The summed E-state index contributed by atoms with van der Waals surface area (Å²) in [5.41, 5.74) is 0.203. The molecule has 3 rings (SSSR count). The molecule has 2 aromatic rings. The Morgan fingerprint density at radius 3 is 2.54 bits per heavy atom. The van der Waals surface area contributed by atoms with Crippen molar-refractivity contribution >= 4 is 23.5 Å². The lowest BCUT2D eigenvalue weighted by atomic mass is 10.1. The Morgan fingerprint density at radius 2 is 1.96 bits per heavy atom. The van der Waals surface area contributed by atoms with Gasteiger partial charge >= 0.3 is 5.97 Å². The van der Waals surface area contributed by atoms with Crippen LogP contribution in [0.5, 0.6) is 0 Å². The normalized spacial score (nSPS) is 21.3. The summed E-state index contributed by atoms with van der Waals surface area (Å²) in [6, 6.07) is 6.96. The summed E-state index contributed by atoms with van der Waals surface area (Å²) in [6.45, 7) is 3.58. The molecule has 24 heavy (non-hydrogen) atoms. The summed E-state index contributed by atoms with van der Waals surface area (Å²) in [4.78, 5) is 27.5. The van der Waals surface area contributed by atoms with E-state index in [-0.39, 0.29) is 18.3 Å². The molecule has 0 unspecified atom stereocenters. The van der Waals surface area contributed by atoms with Gasteiger partial charge in [-0.3, -0.25) is 9.59 Å². The van der Waals surface area contributed by atoms with Crippen LogP contribution in [0.25, 0.3) is 11.4 Å². The minimum atomic E-state index is -0.956. The quantitative estimate of drug-likeness (QED) is 0.858. The maximum atomic E-state index is 12.1. The van der Waals surface area contributed by atoms with Gasteiger partial charge in [0.15, 0.2) is 0 Å². The molecule has 1 aliphatic rings. The van der Waals surface area contributed by atoms with Crippen LogP contribution < -0.4 is 5.32 Å². The largest absolute Gasteiger partial charge is 0.481 e.